The SMILES string of the molecule is CC.C[C@@H]1CCCCC1O. The zero-order valence-electron chi connectivity index (χ0n) is 7.43. The highest BCUT2D eigenvalue weighted by Gasteiger charge is 2.17. The van der Waals surface area contributed by atoms with Gasteiger partial charge in [-0.3, -0.25) is 0 Å². The van der Waals surface area contributed by atoms with Gasteiger partial charge in [-0.2, -0.15) is 0 Å². The highest BCUT2D eigenvalue weighted by atomic mass is 16.3. The van der Waals surface area contributed by atoms with Gasteiger partial charge in [0.05, 0.1) is 6.10 Å². The number of rotatable bonds is 0. The van der Waals surface area contributed by atoms with Crippen molar-refractivity contribution >= 4 is 0 Å². The van der Waals surface area contributed by atoms with Crippen molar-refractivity contribution in [2.24, 2.45) is 5.92 Å². The summed E-state index contributed by atoms with van der Waals surface area (Å²) in [7, 11) is 0. The Labute approximate surface area is 64.5 Å². The summed E-state index contributed by atoms with van der Waals surface area (Å²) in [6, 6.07) is 0. The van der Waals surface area contributed by atoms with Crippen molar-refractivity contribution in [3.05, 3.63) is 0 Å². The van der Waals surface area contributed by atoms with Crippen LogP contribution >= 0.6 is 0 Å². The van der Waals surface area contributed by atoms with Crippen LogP contribution in [0.4, 0.5) is 0 Å². The molecule has 1 N–H and O–H groups in total. The number of hydrogen-bond acceptors (Lipinski definition) is 1. The van der Waals surface area contributed by atoms with E-state index >= 15 is 0 Å². The van der Waals surface area contributed by atoms with Gasteiger partial charge in [0.1, 0.15) is 0 Å². The molecule has 0 aromatic heterocycles. The summed E-state index contributed by atoms with van der Waals surface area (Å²) >= 11 is 0. The molecule has 1 aliphatic rings. The number of aliphatic hydroxyl groups is 1. The summed E-state index contributed by atoms with van der Waals surface area (Å²) in [6.07, 6.45) is 4.80. The minimum absolute atomic E-state index is 0.00347. The molecule has 0 radical (unpaired) electrons. The van der Waals surface area contributed by atoms with E-state index in [-0.39, 0.29) is 6.10 Å². The van der Waals surface area contributed by atoms with Crippen LogP contribution in [0, 0.1) is 5.92 Å². The summed E-state index contributed by atoms with van der Waals surface area (Å²) in [5.41, 5.74) is 0. The van der Waals surface area contributed by atoms with Crippen LogP contribution < -0.4 is 0 Å². The predicted octanol–water partition coefficient (Wildman–Crippen LogP) is 2.58. The summed E-state index contributed by atoms with van der Waals surface area (Å²) in [5, 5.41) is 9.18. The molecule has 0 bridgehead atoms. The molecule has 1 unspecified atom stereocenters. The summed E-state index contributed by atoms with van der Waals surface area (Å²) in [4.78, 5) is 0. The maximum atomic E-state index is 9.18. The molecule has 10 heavy (non-hydrogen) atoms. The van der Waals surface area contributed by atoms with Crippen LogP contribution in [0.3, 0.4) is 0 Å². The number of aliphatic hydroxyl groups excluding tert-OH is 1. The first-order valence-electron chi connectivity index (χ1n) is 4.49. The first-order valence-corrected chi connectivity index (χ1v) is 4.49. The molecule has 2 atom stereocenters. The molecule has 1 heteroatoms. The molecule has 0 amide bonds. The van der Waals surface area contributed by atoms with E-state index in [9.17, 15) is 5.11 Å². The minimum atomic E-state index is 0.00347. The molecule has 1 nitrogen and oxygen atoms in total. The van der Waals surface area contributed by atoms with Gasteiger partial charge in [0.25, 0.3) is 0 Å². The molecule has 1 saturated carbocycles. The first kappa shape index (κ1) is 9.96. The highest BCUT2D eigenvalue weighted by molar-refractivity contribution is 4.69. The molecule has 0 aromatic rings. The number of hydrogen-bond donors (Lipinski definition) is 1. The van der Waals surface area contributed by atoms with E-state index in [1.54, 1.807) is 0 Å². The molecule has 0 aromatic carbocycles. The van der Waals surface area contributed by atoms with Gasteiger partial charge in [-0.1, -0.05) is 33.6 Å². The van der Waals surface area contributed by atoms with E-state index in [1.807, 2.05) is 13.8 Å². The highest BCUT2D eigenvalue weighted by Crippen LogP contribution is 2.22. The van der Waals surface area contributed by atoms with Crippen LogP contribution in [-0.4, -0.2) is 11.2 Å². The average Bonchev–Trinajstić information content (AvgIpc) is 2.00. The molecule has 1 rings (SSSR count). The molecular weight excluding hydrogens is 124 g/mol. The van der Waals surface area contributed by atoms with Crippen molar-refractivity contribution in [3.63, 3.8) is 0 Å². The third-order valence-electron chi connectivity index (χ3n) is 2.07. The Hall–Kier alpha value is -0.0400. The topological polar surface area (TPSA) is 20.2 Å². The van der Waals surface area contributed by atoms with Crippen LogP contribution in [0.5, 0.6) is 0 Å². The molecule has 0 spiro atoms. The lowest BCUT2D eigenvalue weighted by Crippen LogP contribution is -2.21. The van der Waals surface area contributed by atoms with Gasteiger partial charge in [-0.05, 0) is 18.8 Å². The van der Waals surface area contributed by atoms with E-state index in [0.29, 0.717) is 5.92 Å². The Morgan fingerprint density at radius 3 is 1.90 bits per heavy atom. The van der Waals surface area contributed by atoms with Gasteiger partial charge >= 0.3 is 0 Å². The van der Waals surface area contributed by atoms with Crippen LogP contribution in [0.2, 0.25) is 0 Å². The average molecular weight is 144 g/mol. The van der Waals surface area contributed by atoms with E-state index in [2.05, 4.69) is 6.92 Å². The molecule has 0 saturated heterocycles. The van der Waals surface area contributed by atoms with Crippen LogP contribution in [-0.2, 0) is 0 Å². The molecule has 0 aliphatic heterocycles. The van der Waals surface area contributed by atoms with E-state index in [0.717, 1.165) is 6.42 Å². The Kier molecular flexibility index (Phi) is 5.70. The molecule has 0 heterocycles. The maximum Gasteiger partial charge on any atom is 0.0565 e. The molecule has 1 fully saturated rings. The second-order valence-corrected chi connectivity index (χ2v) is 2.83. The van der Waals surface area contributed by atoms with E-state index < -0.39 is 0 Å². The lowest BCUT2D eigenvalue weighted by atomic mass is 9.88. The van der Waals surface area contributed by atoms with Crippen LogP contribution in [0.25, 0.3) is 0 Å². The third kappa shape index (κ3) is 3.21. The fourth-order valence-electron chi connectivity index (χ4n) is 1.30. The summed E-state index contributed by atoms with van der Waals surface area (Å²) in [5.74, 6) is 0.559. The lowest BCUT2D eigenvalue weighted by Gasteiger charge is -2.23. The monoisotopic (exact) mass is 144 g/mol. The minimum Gasteiger partial charge on any atom is -0.393 e. The maximum absolute atomic E-state index is 9.18. The van der Waals surface area contributed by atoms with Crippen molar-refractivity contribution in [3.8, 4) is 0 Å². The molecule has 62 valence electrons. The third-order valence-corrected chi connectivity index (χ3v) is 2.07. The normalized spacial score (nSPS) is 32.4. The van der Waals surface area contributed by atoms with E-state index in [1.165, 1.54) is 19.3 Å². The second-order valence-electron chi connectivity index (χ2n) is 2.83. The molecular formula is C9H20O. The van der Waals surface area contributed by atoms with Crippen LogP contribution in [0.15, 0.2) is 0 Å². The van der Waals surface area contributed by atoms with Crippen molar-refractivity contribution in [2.45, 2.75) is 52.6 Å². The lowest BCUT2D eigenvalue weighted by molar-refractivity contribution is 0.0793. The molecule has 1 aliphatic carbocycles. The Morgan fingerprint density at radius 2 is 1.60 bits per heavy atom. The predicted molar refractivity (Wildman–Crippen MR) is 45.0 cm³/mol. The van der Waals surface area contributed by atoms with Crippen molar-refractivity contribution in [1.82, 2.24) is 0 Å². The standard InChI is InChI=1S/C7H14O.C2H6/c1-6-4-2-3-5-7(6)8;1-2/h6-8H,2-5H2,1H3;1-2H3/t6-,7?;/m1./s1. The van der Waals surface area contributed by atoms with Gasteiger partial charge in [-0.15, -0.1) is 0 Å². The smallest absolute Gasteiger partial charge is 0.0565 e. The first-order chi connectivity index (χ1) is 4.80. The van der Waals surface area contributed by atoms with Gasteiger partial charge < -0.3 is 5.11 Å². The second kappa shape index (κ2) is 5.72. The van der Waals surface area contributed by atoms with Gasteiger partial charge in [0.2, 0.25) is 0 Å². The van der Waals surface area contributed by atoms with E-state index in [4.69, 9.17) is 0 Å². The Bertz CT molecular complexity index is 61.1. The fourth-order valence-corrected chi connectivity index (χ4v) is 1.30. The van der Waals surface area contributed by atoms with Gasteiger partial charge in [0, 0.05) is 0 Å². The Balaban J connectivity index is 0.000000371. The fraction of sp³-hybridized carbons (Fsp3) is 1.00. The van der Waals surface area contributed by atoms with Crippen molar-refractivity contribution in [2.75, 3.05) is 0 Å². The van der Waals surface area contributed by atoms with Crippen molar-refractivity contribution < 1.29 is 5.11 Å². The van der Waals surface area contributed by atoms with Crippen molar-refractivity contribution in [1.29, 1.82) is 0 Å². The zero-order valence-corrected chi connectivity index (χ0v) is 7.43. The zero-order chi connectivity index (χ0) is 7.98. The Morgan fingerprint density at radius 1 is 1.10 bits per heavy atom. The largest absolute Gasteiger partial charge is 0.393 e. The summed E-state index contributed by atoms with van der Waals surface area (Å²) in [6.45, 7) is 6.13. The van der Waals surface area contributed by atoms with Gasteiger partial charge in [-0.25, -0.2) is 0 Å². The quantitative estimate of drug-likeness (QED) is 0.554. The van der Waals surface area contributed by atoms with Gasteiger partial charge in [0.15, 0.2) is 0 Å². The summed E-state index contributed by atoms with van der Waals surface area (Å²) < 4.78 is 0. The van der Waals surface area contributed by atoms with Crippen LogP contribution in [0.1, 0.15) is 46.5 Å².